The van der Waals surface area contributed by atoms with Crippen molar-refractivity contribution in [2.45, 2.75) is 45.2 Å². The fraction of sp³-hybridized carbons (Fsp3) is 0.700. The molecule has 1 rings (SSSR count). The van der Waals surface area contributed by atoms with Crippen LogP contribution >= 0.6 is 0 Å². The highest BCUT2D eigenvalue weighted by atomic mass is 32.2. The van der Waals surface area contributed by atoms with Gasteiger partial charge in [0.05, 0.1) is 11.4 Å². The van der Waals surface area contributed by atoms with Crippen LogP contribution in [-0.2, 0) is 16.6 Å². The van der Waals surface area contributed by atoms with Gasteiger partial charge in [0.1, 0.15) is 4.90 Å². The molecule has 17 heavy (non-hydrogen) atoms. The largest absolute Gasteiger partial charge is 0.325 e. The van der Waals surface area contributed by atoms with E-state index >= 15 is 0 Å². The Morgan fingerprint density at radius 2 is 2.00 bits per heavy atom. The van der Waals surface area contributed by atoms with Crippen molar-refractivity contribution in [2.24, 2.45) is 11.7 Å². The number of aryl methyl sites for hydroxylation is 1. The van der Waals surface area contributed by atoms with Crippen LogP contribution in [0.15, 0.2) is 4.90 Å². The third-order valence-corrected chi connectivity index (χ3v) is 4.53. The van der Waals surface area contributed by atoms with E-state index in [1.165, 1.54) is 0 Å². The first-order chi connectivity index (χ1) is 7.79. The first-order valence-corrected chi connectivity index (χ1v) is 7.04. The molecule has 1 atom stereocenters. The van der Waals surface area contributed by atoms with Crippen LogP contribution in [0.5, 0.6) is 0 Å². The van der Waals surface area contributed by atoms with Gasteiger partial charge in [-0.3, -0.25) is 5.10 Å². The summed E-state index contributed by atoms with van der Waals surface area (Å²) in [5.74, 6) is 0.221. The Balaban J connectivity index is 3.09. The molecule has 0 amide bonds. The van der Waals surface area contributed by atoms with E-state index in [1.807, 2.05) is 20.8 Å². The van der Waals surface area contributed by atoms with Crippen LogP contribution in [-0.4, -0.2) is 24.7 Å². The smallest absolute Gasteiger partial charge is 0.244 e. The van der Waals surface area contributed by atoms with E-state index in [4.69, 9.17) is 5.73 Å². The molecule has 0 aliphatic carbocycles. The molecule has 0 aliphatic rings. The summed E-state index contributed by atoms with van der Waals surface area (Å²) in [6.45, 7) is 7.51. The van der Waals surface area contributed by atoms with Crippen molar-refractivity contribution >= 4 is 10.0 Å². The van der Waals surface area contributed by atoms with Crippen LogP contribution in [0.4, 0.5) is 0 Å². The number of aromatic amines is 1. The van der Waals surface area contributed by atoms with Crippen molar-refractivity contribution in [2.75, 3.05) is 0 Å². The second kappa shape index (κ2) is 5.16. The quantitative estimate of drug-likeness (QED) is 0.717. The van der Waals surface area contributed by atoms with Gasteiger partial charge in [0.2, 0.25) is 10.0 Å². The minimum absolute atomic E-state index is 0.0939. The van der Waals surface area contributed by atoms with Crippen LogP contribution in [0.1, 0.15) is 32.2 Å². The van der Waals surface area contributed by atoms with Crippen molar-refractivity contribution in [3.8, 4) is 0 Å². The predicted molar refractivity (Wildman–Crippen MR) is 65.8 cm³/mol. The van der Waals surface area contributed by atoms with E-state index in [-0.39, 0.29) is 23.4 Å². The van der Waals surface area contributed by atoms with Gasteiger partial charge >= 0.3 is 0 Å². The molecule has 98 valence electrons. The average molecular weight is 260 g/mol. The molecule has 1 heterocycles. The Bertz CT molecular complexity index is 478. The van der Waals surface area contributed by atoms with Crippen LogP contribution in [0, 0.1) is 12.8 Å². The number of aromatic nitrogens is 2. The zero-order valence-electron chi connectivity index (χ0n) is 10.6. The Labute approximate surface area is 102 Å². The molecular formula is C10H20N4O2S. The standard InChI is InChI=1S/C10H20N4O2S/c1-6(2)7(3)14-17(15,16)10-8(4)12-13-9(10)5-11/h6-7,14H,5,11H2,1-4H3,(H,12,13). The predicted octanol–water partition coefficient (Wildman–Crippen LogP) is 0.500. The molecule has 1 aromatic heterocycles. The van der Waals surface area contributed by atoms with Crippen molar-refractivity contribution < 1.29 is 8.42 Å². The summed E-state index contributed by atoms with van der Waals surface area (Å²) in [7, 11) is -3.56. The number of rotatable bonds is 5. The van der Waals surface area contributed by atoms with Crippen LogP contribution < -0.4 is 10.5 Å². The highest BCUT2D eigenvalue weighted by Crippen LogP contribution is 2.18. The molecule has 0 bridgehead atoms. The van der Waals surface area contributed by atoms with E-state index in [9.17, 15) is 8.42 Å². The zero-order valence-corrected chi connectivity index (χ0v) is 11.4. The van der Waals surface area contributed by atoms with E-state index in [2.05, 4.69) is 14.9 Å². The molecule has 6 nitrogen and oxygen atoms in total. The Kier molecular flexibility index (Phi) is 4.29. The first-order valence-electron chi connectivity index (χ1n) is 5.55. The minimum atomic E-state index is -3.56. The molecule has 0 saturated heterocycles. The molecule has 0 saturated carbocycles. The Morgan fingerprint density at radius 1 is 1.41 bits per heavy atom. The summed E-state index contributed by atoms with van der Waals surface area (Å²) >= 11 is 0. The molecule has 7 heteroatoms. The monoisotopic (exact) mass is 260 g/mol. The van der Waals surface area contributed by atoms with E-state index in [0.29, 0.717) is 11.4 Å². The van der Waals surface area contributed by atoms with Gasteiger partial charge < -0.3 is 5.73 Å². The number of nitrogens with zero attached hydrogens (tertiary/aromatic N) is 1. The van der Waals surface area contributed by atoms with Crippen molar-refractivity contribution in [3.63, 3.8) is 0 Å². The third kappa shape index (κ3) is 3.05. The van der Waals surface area contributed by atoms with Crippen molar-refractivity contribution in [3.05, 3.63) is 11.4 Å². The third-order valence-electron chi connectivity index (χ3n) is 2.76. The van der Waals surface area contributed by atoms with Gasteiger partial charge in [-0.15, -0.1) is 0 Å². The van der Waals surface area contributed by atoms with Crippen LogP contribution in [0.3, 0.4) is 0 Å². The normalized spacial score (nSPS) is 14.2. The SMILES string of the molecule is Cc1[nH]nc(CN)c1S(=O)(=O)NC(C)C(C)C. The highest BCUT2D eigenvalue weighted by Gasteiger charge is 2.25. The summed E-state index contributed by atoms with van der Waals surface area (Å²) in [6.07, 6.45) is 0. The van der Waals surface area contributed by atoms with E-state index in [1.54, 1.807) is 6.92 Å². The van der Waals surface area contributed by atoms with Crippen molar-refractivity contribution in [1.29, 1.82) is 0 Å². The molecule has 1 aromatic rings. The summed E-state index contributed by atoms with van der Waals surface area (Å²) in [5, 5.41) is 6.53. The number of nitrogens with one attached hydrogen (secondary N) is 2. The molecule has 0 fully saturated rings. The Hall–Kier alpha value is -0.920. The zero-order chi connectivity index (χ0) is 13.2. The average Bonchev–Trinajstić information content (AvgIpc) is 2.59. The fourth-order valence-corrected chi connectivity index (χ4v) is 3.17. The number of H-pyrrole nitrogens is 1. The molecular weight excluding hydrogens is 240 g/mol. The topological polar surface area (TPSA) is 101 Å². The maximum Gasteiger partial charge on any atom is 0.244 e. The maximum absolute atomic E-state index is 12.2. The molecule has 0 aliphatic heterocycles. The maximum atomic E-state index is 12.2. The molecule has 0 aromatic carbocycles. The summed E-state index contributed by atoms with van der Waals surface area (Å²) in [5.41, 5.74) is 6.35. The van der Waals surface area contributed by atoms with Crippen LogP contribution in [0.2, 0.25) is 0 Å². The van der Waals surface area contributed by atoms with Gasteiger partial charge in [0.15, 0.2) is 0 Å². The number of hydrogen-bond acceptors (Lipinski definition) is 4. The van der Waals surface area contributed by atoms with E-state index in [0.717, 1.165) is 0 Å². The molecule has 1 unspecified atom stereocenters. The molecule has 4 N–H and O–H groups in total. The molecule has 0 radical (unpaired) electrons. The number of nitrogens with two attached hydrogens (primary N) is 1. The number of sulfonamides is 1. The van der Waals surface area contributed by atoms with Crippen molar-refractivity contribution in [1.82, 2.24) is 14.9 Å². The second-order valence-corrected chi connectivity index (χ2v) is 6.13. The summed E-state index contributed by atoms with van der Waals surface area (Å²) in [6, 6.07) is -0.139. The van der Waals surface area contributed by atoms with Gasteiger partial charge in [-0.05, 0) is 19.8 Å². The van der Waals surface area contributed by atoms with Crippen LogP contribution in [0.25, 0.3) is 0 Å². The lowest BCUT2D eigenvalue weighted by molar-refractivity contribution is 0.476. The van der Waals surface area contributed by atoms with Gasteiger partial charge in [-0.2, -0.15) is 5.10 Å². The van der Waals surface area contributed by atoms with E-state index < -0.39 is 10.0 Å². The highest BCUT2D eigenvalue weighted by molar-refractivity contribution is 7.89. The lowest BCUT2D eigenvalue weighted by atomic mass is 10.1. The van der Waals surface area contributed by atoms with Gasteiger partial charge in [-0.25, -0.2) is 13.1 Å². The van der Waals surface area contributed by atoms with Gasteiger partial charge in [0.25, 0.3) is 0 Å². The summed E-state index contributed by atoms with van der Waals surface area (Å²) in [4.78, 5) is 0.174. The molecule has 0 spiro atoms. The Morgan fingerprint density at radius 3 is 2.47 bits per heavy atom. The van der Waals surface area contributed by atoms with Gasteiger partial charge in [-0.1, -0.05) is 13.8 Å². The minimum Gasteiger partial charge on any atom is -0.325 e. The number of hydrogen-bond donors (Lipinski definition) is 3. The first kappa shape index (κ1) is 14.1. The lowest BCUT2D eigenvalue weighted by Gasteiger charge is -2.17. The lowest BCUT2D eigenvalue weighted by Crippen LogP contribution is -2.36. The van der Waals surface area contributed by atoms with Gasteiger partial charge in [0, 0.05) is 12.6 Å². The fourth-order valence-electron chi connectivity index (χ4n) is 1.40. The second-order valence-electron chi connectivity index (χ2n) is 4.48. The summed E-state index contributed by atoms with van der Waals surface area (Å²) < 4.78 is 27.0.